The van der Waals surface area contributed by atoms with E-state index in [9.17, 15) is 14.4 Å². The van der Waals surface area contributed by atoms with E-state index in [2.05, 4.69) is 45.1 Å². The SMILES string of the molecule is CCCCCCCC/C=C\CCCCCCCCCC(=O)OC(COC(=O)CCCCCCCCCCCCCCC)COC(=O)CCCCCCCCCCCCCCCCC/C=C\CCCCCCCCCC. The Kier molecular flexibility index (Phi) is 62.6. The van der Waals surface area contributed by atoms with E-state index >= 15 is 0 Å². The van der Waals surface area contributed by atoms with Gasteiger partial charge in [0.25, 0.3) is 0 Å². The summed E-state index contributed by atoms with van der Waals surface area (Å²) >= 11 is 0. The molecule has 75 heavy (non-hydrogen) atoms. The second kappa shape index (κ2) is 64.4. The highest BCUT2D eigenvalue weighted by Crippen LogP contribution is 2.18. The fourth-order valence-corrected chi connectivity index (χ4v) is 10.3. The zero-order valence-electron chi connectivity index (χ0n) is 50.8. The van der Waals surface area contributed by atoms with Crippen molar-refractivity contribution in [3.63, 3.8) is 0 Å². The smallest absolute Gasteiger partial charge is 0.306 e. The Morgan fingerprint density at radius 3 is 0.667 bits per heavy atom. The largest absolute Gasteiger partial charge is 0.462 e. The standard InChI is InChI=1S/C69H130O6/c1-4-7-10-13-16-19-22-25-27-29-30-31-32-33-34-35-36-37-38-40-41-44-47-50-53-56-59-62-68(71)74-65-66(64-73-67(70)61-58-55-52-49-46-43-24-21-18-15-12-9-6-3)75-69(72)63-60-57-54-51-48-45-42-39-28-26-23-20-17-14-11-8-5-2/h26,28-30,66H,4-25,27,31-65H2,1-3H3/b28-26-,30-29-. The van der Waals surface area contributed by atoms with Gasteiger partial charge < -0.3 is 14.2 Å². The molecule has 0 saturated carbocycles. The van der Waals surface area contributed by atoms with Gasteiger partial charge in [-0.15, -0.1) is 0 Å². The van der Waals surface area contributed by atoms with Gasteiger partial charge in [0, 0.05) is 19.3 Å². The lowest BCUT2D eigenvalue weighted by Crippen LogP contribution is -2.30. The summed E-state index contributed by atoms with van der Waals surface area (Å²) in [5, 5.41) is 0. The lowest BCUT2D eigenvalue weighted by molar-refractivity contribution is -0.167. The van der Waals surface area contributed by atoms with Gasteiger partial charge in [-0.2, -0.15) is 0 Å². The van der Waals surface area contributed by atoms with Gasteiger partial charge in [0.2, 0.25) is 0 Å². The fourth-order valence-electron chi connectivity index (χ4n) is 10.3. The molecule has 0 rings (SSSR count). The van der Waals surface area contributed by atoms with Crippen molar-refractivity contribution in [1.82, 2.24) is 0 Å². The van der Waals surface area contributed by atoms with Gasteiger partial charge in [0.15, 0.2) is 6.10 Å². The number of rotatable bonds is 63. The van der Waals surface area contributed by atoms with E-state index in [1.807, 2.05) is 0 Å². The van der Waals surface area contributed by atoms with Crippen LogP contribution in [0.25, 0.3) is 0 Å². The zero-order valence-corrected chi connectivity index (χ0v) is 50.8. The third kappa shape index (κ3) is 62.6. The minimum Gasteiger partial charge on any atom is -0.462 e. The van der Waals surface area contributed by atoms with Gasteiger partial charge in [0.1, 0.15) is 13.2 Å². The number of carbonyl (C=O) groups excluding carboxylic acids is 3. The average molecular weight is 1060 g/mol. The van der Waals surface area contributed by atoms with Crippen LogP contribution in [-0.4, -0.2) is 37.2 Å². The maximum absolute atomic E-state index is 12.9. The minimum absolute atomic E-state index is 0.0672. The number of esters is 3. The number of ether oxygens (including phenoxy) is 3. The highest BCUT2D eigenvalue weighted by atomic mass is 16.6. The number of carbonyl (C=O) groups is 3. The van der Waals surface area contributed by atoms with Gasteiger partial charge >= 0.3 is 17.9 Å². The summed E-state index contributed by atoms with van der Waals surface area (Å²) < 4.78 is 17.0. The van der Waals surface area contributed by atoms with Crippen LogP contribution >= 0.6 is 0 Å². The molecule has 0 aliphatic carbocycles. The summed E-state index contributed by atoms with van der Waals surface area (Å²) in [5.41, 5.74) is 0. The van der Waals surface area contributed by atoms with Gasteiger partial charge in [-0.05, 0) is 70.6 Å². The lowest BCUT2D eigenvalue weighted by Gasteiger charge is -2.18. The van der Waals surface area contributed by atoms with E-state index in [4.69, 9.17) is 14.2 Å². The monoisotopic (exact) mass is 1050 g/mol. The molecule has 0 amide bonds. The highest BCUT2D eigenvalue weighted by molar-refractivity contribution is 5.71. The average Bonchev–Trinajstić information content (AvgIpc) is 3.41. The van der Waals surface area contributed by atoms with Crippen molar-refractivity contribution in [2.24, 2.45) is 0 Å². The van der Waals surface area contributed by atoms with Crippen LogP contribution in [0.5, 0.6) is 0 Å². The Hall–Kier alpha value is -2.11. The molecule has 6 heteroatoms. The molecule has 0 fully saturated rings. The molecule has 0 spiro atoms. The maximum atomic E-state index is 12.9. The predicted octanol–water partition coefficient (Wildman–Crippen LogP) is 23.0. The molecule has 0 aliphatic heterocycles. The first-order valence-corrected chi connectivity index (χ1v) is 33.8. The Morgan fingerprint density at radius 1 is 0.253 bits per heavy atom. The molecule has 1 unspecified atom stereocenters. The molecule has 0 heterocycles. The number of unbranched alkanes of at least 4 members (excludes halogenated alkanes) is 48. The van der Waals surface area contributed by atoms with Crippen LogP contribution in [0.15, 0.2) is 24.3 Å². The molecule has 0 bridgehead atoms. The van der Waals surface area contributed by atoms with Crippen LogP contribution in [0.3, 0.4) is 0 Å². The van der Waals surface area contributed by atoms with Gasteiger partial charge in [-0.25, -0.2) is 0 Å². The molecule has 1 atom stereocenters. The third-order valence-electron chi connectivity index (χ3n) is 15.4. The van der Waals surface area contributed by atoms with Crippen LogP contribution in [0.1, 0.15) is 380 Å². The summed E-state index contributed by atoms with van der Waals surface area (Å²) in [6.07, 6.45) is 77.7. The van der Waals surface area contributed by atoms with E-state index in [-0.39, 0.29) is 31.1 Å². The summed E-state index contributed by atoms with van der Waals surface area (Å²) in [4.78, 5) is 38.3. The van der Waals surface area contributed by atoms with Crippen LogP contribution < -0.4 is 0 Å². The number of hydrogen-bond acceptors (Lipinski definition) is 6. The lowest BCUT2D eigenvalue weighted by atomic mass is 10.0. The molecular weight excluding hydrogens is 925 g/mol. The molecule has 0 aromatic heterocycles. The van der Waals surface area contributed by atoms with Crippen LogP contribution in [0, 0.1) is 0 Å². The summed E-state index contributed by atoms with van der Waals surface area (Å²) in [7, 11) is 0. The van der Waals surface area contributed by atoms with E-state index in [1.54, 1.807) is 0 Å². The first-order valence-electron chi connectivity index (χ1n) is 33.8. The molecule has 0 aromatic carbocycles. The second-order valence-electron chi connectivity index (χ2n) is 23.1. The third-order valence-corrected chi connectivity index (χ3v) is 15.4. The summed E-state index contributed by atoms with van der Waals surface area (Å²) in [6.45, 7) is 6.70. The van der Waals surface area contributed by atoms with E-state index in [0.29, 0.717) is 19.3 Å². The minimum atomic E-state index is -0.770. The zero-order chi connectivity index (χ0) is 54.3. The highest BCUT2D eigenvalue weighted by Gasteiger charge is 2.19. The van der Waals surface area contributed by atoms with Crippen molar-refractivity contribution in [1.29, 1.82) is 0 Å². The Balaban J connectivity index is 4.20. The first-order chi connectivity index (χ1) is 37.0. The van der Waals surface area contributed by atoms with Crippen LogP contribution in [-0.2, 0) is 28.6 Å². The van der Waals surface area contributed by atoms with Gasteiger partial charge in [-0.1, -0.05) is 315 Å². The van der Waals surface area contributed by atoms with Gasteiger partial charge in [-0.3, -0.25) is 14.4 Å². The second-order valence-corrected chi connectivity index (χ2v) is 23.1. The maximum Gasteiger partial charge on any atom is 0.306 e. The van der Waals surface area contributed by atoms with Crippen LogP contribution in [0.2, 0.25) is 0 Å². The molecule has 0 aromatic rings. The topological polar surface area (TPSA) is 78.9 Å². The molecule has 0 aliphatic rings. The van der Waals surface area contributed by atoms with Crippen LogP contribution in [0.4, 0.5) is 0 Å². The van der Waals surface area contributed by atoms with Crippen molar-refractivity contribution >= 4 is 17.9 Å². The fraction of sp³-hybridized carbons (Fsp3) is 0.899. The number of allylic oxidation sites excluding steroid dienone is 4. The first kappa shape index (κ1) is 72.9. The Labute approximate surface area is 468 Å². The van der Waals surface area contributed by atoms with Crippen molar-refractivity contribution < 1.29 is 28.6 Å². The van der Waals surface area contributed by atoms with Crippen molar-refractivity contribution in [2.75, 3.05) is 13.2 Å². The van der Waals surface area contributed by atoms with E-state index in [0.717, 1.165) is 57.8 Å². The number of hydrogen-bond donors (Lipinski definition) is 0. The van der Waals surface area contributed by atoms with Crippen molar-refractivity contribution in [2.45, 2.75) is 386 Å². The molecule has 0 saturated heterocycles. The van der Waals surface area contributed by atoms with Crippen molar-refractivity contribution in [3.05, 3.63) is 24.3 Å². The molecular formula is C69H130O6. The normalized spacial score (nSPS) is 12.1. The predicted molar refractivity (Wildman–Crippen MR) is 326 cm³/mol. The molecule has 442 valence electrons. The summed E-state index contributed by atoms with van der Waals surface area (Å²) in [5.74, 6) is -0.843. The van der Waals surface area contributed by atoms with E-state index in [1.165, 1.54) is 283 Å². The van der Waals surface area contributed by atoms with E-state index < -0.39 is 6.10 Å². The van der Waals surface area contributed by atoms with Gasteiger partial charge in [0.05, 0.1) is 0 Å². The van der Waals surface area contributed by atoms with Crippen molar-refractivity contribution in [3.8, 4) is 0 Å². The Morgan fingerprint density at radius 2 is 0.440 bits per heavy atom. The Bertz CT molecular complexity index is 1210. The molecule has 0 N–H and O–H groups in total. The molecule has 0 radical (unpaired) electrons. The molecule has 6 nitrogen and oxygen atoms in total. The summed E-state index contributed by atoms with van der Waals surface area (Å²) in [6, 6.07) is 0. The quantitative estimate of drug-likeness (QED) is 0.0261.